The molecule has 3 aromatic heterocycles. The summed E-state index contributed by atoms with van der Waals surface area (Å²) >= 11 is 0. The number of hydrogen-bond donors (Lipinski definition) is 2. The molecule has 9 heteroatoms. The lowest BCUT2D eigenvalue weighted by Crippen LogP contribution is -2.28. The number of likely N-dealkylation sites (tertiary alicyclic amines) is 1. The second-order valence-corrected chi connectivity index (χ2v) is 7.57. The average Bonchev–Trinajstić information content (AvgIpc) is 3.54. The molecule has 0 unspecified atom stereocenters. The van der Waals surface area contributed by atoms with Crippen molar-refractivity contribution in [3.05, 3.63) is 59.7 Å². The lowest BCUT2D eigenvalue weighted by Gasteiger charge is -2.25. The van der Waals surface area contributed by atoms with Gasteiger partial charge in [0.15, 0.2) is 11.5 Å². The van der Waals surface area contributed by atoms with Crippen LogP contribution in [0, 0.1) is 0 Å². The van der Waals surface area contributed by atoms with Gasteiger partial charge in [0.2, 0.25) is 0 Å². The Bertz CT molecular complexity index is 1010. The maximum absolute atomic E-state index is 12.7. The highest BCUT2D eigenvalue weighted by atomic mass is 16.4. The Labute approximate surface area is 180 Å². The fourth-order valence-corrected chi connectivity index (χ4v) is 3.61. The Hall–Kier alpha value is -3.33. The molecule has 0 radical (unpaired) electrons. The van der Waals surface area contributed by atoms with E-state index in [0.717, 1.165) is 18.8 Å². The second kappa shape index (κ2) is 9.65. The molecule has 4 rings (SSSR count). The van der Waals surface area contributed by atoms with Crippen LogP contribution in [0.4, 0.5) is 5.69 Å². The summed E-state index contributed by atoms with van der Waals surface area (Å²) in [4.78, 5) is 27.7. The molecule has 1 saturated heterocycles. The van der Waals surface area contributed by atoms with Crippen molar-refractivity contribution in [2.24, 2.45) is 0 Å². The van der Waals surface area contributed by atoms with Crippen LogP contribution >= 0.6 is 0 Å². The van der Waals surface area contributed by atoms with E-state index in [1.54, 1.807) is 35.3 Å². The van der Waals surface area contributed by atoms with E-state index in [-0.39, 0.29) is 18.0 Å². The molecule has 31 heavy (non-hydrogen) atoms. The van der Waals surface area contributed by atoms with Gasteiger partial charge in [0, 0.05) is 12.7 Å². The number of carbonyl (C=O) groups excluding carboxylic acids is 2. The van der Waals surface area contributed by atoms with Crippen LogP contribution in [0.1, 0.15) is 58.7 Å². The van der Waals surface area contributed by atoms with Crippen LogP contribution in [0.3, 0.4) is 0 Å². The molecule has 1 fully saturated rings. The molecular weight excluding hydrogens is 398 g/mol. The number of aromatic nitrogens is 2. The standard InChI is InChI=1S/C22H27N5O4/c1-2-27-15-18(20(25-27)22(29)23-13-16-7-6-12-30-16)24-21(28)19-9-8-17(31-19)14-26-10-4-3-5-11-26/h6-9,12,15H,2-5,10-11,13-14H2,1H3,(H,23,29)(H,24,28). The molecule has 2 N–H and O–H groups in total. The lowest BCUT2D eigenvalue weighted by molar-refractivity contribution is 0.0943. The summed E-state index contributed by atoms with van der Waals surface area (Å²) in [5, 5.41) is 9.79. The third-order valence-electron chi connectivity index (χ3n) is 5.27. The second-order valence-electron chi connectivity index (χ2n) is 7.57. The molecule has 2 amide bonds. The zero-order valence-corrected chi connectivity index (χ0v) is 17.6. The highest BCUT2D eigenvalue weighted by molar-refractivity contribution is 6.07. The van der Waals surface area contributed by atoms with Crippen molar-refractivity contribution in [2.75, 3.05) is 18.4 Å². The SMILES string of the molecule is CCn1cc(NC(=O)c2ccc(CN3CCCCC3)o2)c(C(=O)NCc2ccco2)n1. The van der Waals surface area contributed by atoms with E-state index in [0.29, 0.717) is 24.5 Å². The highest BCUT2D eigenvalue weighted by Crippen LogP contribution is 2.19. The fraction of sp³-hybridized carbons (Fsp3) is 0.409. The van der Waals surface area contributed by atoms with Gasteiger partial charge in [-0.2, -0.15) is 5.10 Å². The summed E-state index contributed by atoms with van der Waals surface area (Å²) in [5.41, 5.74) is 0.472. The lowest BCUT2D eigenvalue weighted by atomic mass is 10.1. The first-order chi connectivity index (χ1) is 15.1. The van der Waals surface area contributed by atoms with Gasteiger partial charge in [-0.25, -0.2) is 0 Å². The summed E-state index contributed by atoms with van der Waals surface area (Å²) in [5.74, 6) is 0.779. The maximum Gasteiger partial charge on any atom is 0.291 e. The first kappa shape index (κ1) is 20.9. The van der Waals surface area contributed by atoms with Gasteiger partial charge < -0.3 is 19.5 Å². The summed E-state index contributed by atoms with van der Waals surface area (Å²) in [6, 6.07) is 7.01. The minimum absolute atomic E-state index is 0.141. The molecular formula is C22H27N5O4. The summed E-state index contributed by atoms with van der Waals surface area (Å²) in [7, 11) is 0. The Balaban J connectivity index is 1.41. The van der Waals surface area contributed by atoms with Crippen molar-refractivity contribution >= 4 is 17.5 Å². The monoisotopic (exact) mass is 425 g/mol. The van der Waals surface area contributed by atoms with Crippen molar-refractivity contribution in [1.29, 1.82) is 0 Å². The maximum atomic E-state index is 12.7. The predicted octanol–water partition coefficient (Wildman–Crippen LogP) is 3.26. The number of rotatable bonds is 8. The molecule has 1 aliphatic rings. The summed E-state index contributed by atoms with van der Waals surface area (Å²) in [6.07, 6.45) is 6.84. The molecule has 1 aliphatic heterocycles. The topological polar surface area (TPSA) is 106 Å². The number of nitrogens with zero attached hydrogens (tertiary/aromatic N) is 3. The average molecular weight is 425 g/mol. The van der Waals surface area contributed by atoms with Crippen LogP contribution in [0.2, 0.25) is 0 Å². The highest BCUT2D eigenvalue weighted by Gasteiger charge is 2.21. The van der Waals surface area contributed by atoms with Gasteiger partial charge in [-0.15, -0.1) is 0 Å². The van der Waals surface area contributed by atoms with Gasteiger partial charge in [0.25, 0.3) is 11.8 Å². The molecule has 0 aromatic carbocycles. The van der Waals surface area contributed by atoms with Crippen LogP contribution in [0.5, 0.6) is 0 Å². The van der Waals surface area contributed by atoms with Gasteiger partial charge in [0.05, 0.1) is 25.0 Å². The van der Waals surface area contributed by atoms with Gasteiger partial charge in [-0.1, -0.05) is 6.42 Å². The number of carbonyl (C=O) groups is 2. The molecule has 0 bridgehead atoms. The minimum Gasteiger partial charge on any atom is -0.467 e. The van der Waals surface area contributed by atoms with Gasteiger partial charge in [-0.05, 0) is 57.1 Å². The third-order valence-corrected chi connectivity index (χ3v) is 5.27. The van der Waals surface area contributed by atoms with Crippen LogP contribution in [0.25, 0.3) is 0 Å². The first-order valence-electron chi connectivity index (χ1n) is 10.6. The molecule has 0 saturated carbocycles. The van der Waals surface area contributed by atoms with Crippen molar-refractivity contribution in [3.8, 4) is 0 Å². The van der Waals surface area contributed by atoms with Crippen molar-refractivity contribution in [1.82, 2.24) is 20.0 Å². The number of hydrogen-bond acceptors (Lipinski definition) is 6. The zero-order chi connectivity index (χ0) is 21.6. The van der Waals surface area contributed by atoms with Crippen molar-refractivity contribution in [2.45, 2.75) is 45.8 Å². The van der Waals surface area contributed by atoms with Crippen LogP contribution in [-0.4, -0.2) is 39.6 Å². The van der Waals surface area contributed by atoms with E-state index >= 15 is 0 Å². The number of amides is 2. The fourth-order valence-electron chi connectivity index (χ4n) is 3.61. The van der Waals surface area contributed by atoms with Gasteiger partial charge in [0.1, 0.15) is 11.5 Å². The van der Waals surface area contributed by atoms with E-state index in [1.165, 1.54) is 19.3 Å². The third kappa shape index (κ3) is 5.24. The van der Waals surface area contributed by atoms with Crippen LogP contribution in [-0.2, 0) is 19.6 Å². The molecule has 0 atom stereocenters. The zero-order valence-electron chi connectivity index (χ0n) is 17.6. The Morgan fingerprint density at radius 1 is 1.10 bits per heavy atom. The Morgan fingerprint density at radius 2 is 1.94 bits per heavy atom. The van der Waals surface area contributed by atoms with Crippen molar-refractivity contribution < 1.29 is 18.4 Å². The molecule has 3 aromatic rings. The van der Waals surface area contributed by atoms with E-state index in [1.807, 2.05) is 13.0 Å². The van der Waals surface area contributed by atoms with E-state index in [2.05, 4.69) is 20.6 Å². The van der Waals surface area contributed by atoms with E-state index in [9.17, 15) is 9.59 Å². The van der Waals surface area contributed by atoms with Gasteiger partial charge in [-0.3, -0.25) is 19.2 Å². The number of aryl methyl sites for hydroxylation is 1. The first-order valence-corrected chi connectivity index (χ1v) is 10.6. The van der Waals surface area contributed by atoms with Gasteiger partial charge >= 0.3 is 0 Å². The molecule has 0 spiro atoms. The molecule has 164 valence electrons. The normalized spacial score (nSPS) is 14.5. The Morgan fingerprint density at radius 3 is 2.68 bits per heavy atom. The van der Waals surface area contributed by atoms with E-state index in [4.69, 9.17) is 8.83 Å². The quantitative estimate of drug-likeness (QED) is 0.574. The molecule has 0 aliphatic carbocycles. The van der Waals surface area contributed by atoms with Crippen LogP contribution in [0.15, 0.2) is 45.6 Å². The number of piperidine rings is 1. The smallest absolute Gasteiger partial charge is 0.291 e. The molecule has 9 nitrogen and oxygen atoms in total. The minimum atomic E-state index is -0.416. The largest absolute Gasteiger partial charge is 0.467 e. The number of furan rings is 2. The molecule has 4 heterocycles. The van der Waals surface area contributed by atoms with E-state index < -0.39 is 11.8 Å². The van der Waals surface area contributed by atoms with Crippen LogP contribution < -0.4 is 10.6 Å². The number of nitrogens with one attached hydrogen (secondary N) is 2. The summed E-state index contributed by atoms with van der Waals surface area (Å²) < 4.78 is 12.6. The Kier molecular flexibility index (Phi) is 6.51. The number of anilines is 1. The summed E-state index contributed by atoms with van der Waals surface area (Å²) in [6.45, 7) is 5.50. The van der Waals surface area contributed by atoms with Crippen molar-refractivity contribution in [3.63, 3.8) is 0 Å². The predicted molar refractivity (Wildman–Crippen MR) is 114 cm³/mol.